The van der Waals surface area contributed by atoms with Gasteiger partial charge in [-0.1, -0.05) is 0 Å². The van der Waals surface area contributed by atoms with E-state index in [-0.39, 0.29) is 5.82 Å². The molecule has 74 valence electrons. The van der Waals surface area contributed by atoms with Crippen molar-refractivity contribution < 1.29 is 14.3 Å². The predicted octanol–water partition coefficient (Wildman–Crippen LogP) is 2.42. The summed E-state index contributed by atoms with van der Waals surface area (Å²) in [5.74, 6) is -0.281. The molecular weight excluding hydrogens is 300 g/mol. The maximum Gasteiger partial charge on any atom is 0.407 e. The van der Waals surface area contributed by atoms with Crippen LogP contribution in [0.2, 0.25) is 0 Å². The molecule has 1 heterocycles. The van der Waals surface area contributed by atoms with E-state index in [9.17, 15) is 9.18 Å². The van der Waals surface area contributed by atoms with Crippen LogP contribution in [0.4, 0.5) is 9.18 Å². The largest absolute Gasteiger partial charge is 0.465 e. The highest BCUT2D eigenvalue weighted by molar-refractivity contribution is 14.1. The second-order valence-electron chi connectivity index (χ2n) is 3.17. The van der Waals surface area contributed by atoms with Crippen LogP contribution in [0.5, 0.6) is 0 Å². The predicted molar refractivity (Wildman–Crippen MR) is 56.4 cm³/mol. The molecule has 1 aliphatic heterocycles. The lowest BCUT2D eigenvalue weighted by Gasteiger charge is -2.08. The van der Waals surface area contributed by atoms with Gasteiger partial charge in [0.25, 0.3) is 0 Å². The van der Waals surface area contributed by atoms with Crippen molar-refractivity contribution in [2.75, 3.05) is 0 Å². The second kappa shape index (κ2) is 3.38. The van der Waals surface area contributed by atoms with Crippen LogP contribution in [0.3, 0.4) is 0 Å². The Kier molecular flexibility index (Phi) is 2.34. The number of halogens is 2. The average Bonchev–Trinajstić information content (AvgIpc) is 2.48. The fourth-order valence-corrected chi connectivity index (χ4v) is 2.06. The smallest absolute Gasteiger partial charge is 0.407 e. The standard InChI is InChI=1S/C9H7FINO2/c10-7-1-5-3-12(9(13)14)4-6(5)2-8(7)11/h1-2H,3-4H2,(H,13,14). The van der Waals surface area contributed by atoms with Crippen molar-refractivity contribution in [3.63, 3.8) is 0 Å². The zero-order chi connectivity index (χ0) is 10.3. The van der Waals surface area contributed by atoms with Crippen molar-refractivity contribution in [3.8, 4) is 0 Å². The van der Waals surface area contributed by atoms with Gasteiger partial charge in [0.2, 0.25) is 0 Å². The fourth-order valence-electron chi connectivity index (χ4n) is 1.53. The van der Waals surface area contributed by atoms with Crippen LogP contribution in [0.25, 0.3) is 0 Å². The first-order valence-electron chi connectivity index (χ1n) is 4.02. The third-order valence-corrected chi connectivity index (χ3v) is 3.06. The number of amides is 1. The van der Waals surface area contributed by atoms with Crippen LogP contribution in [-0.2, 0) is 13.1 Å². The lowest BCUT2D eigenvalue weighted by molar-refractivity contribution is 0.145. The molecule has 0 radical (unpaired) electrons. The van der Waals surface area contributed by atoms with Crippen molar-refractivity contribution >= 4 is 28.7 Å². The summed E-state index contributed by atoms with van der Waals surface area (Å²) in [6.07, 6.45) is -0.961. The van der Waals surface area contributed by atoms with Crippen molar-refractivity contribution in [3.05, 3.63) is 32.6 Å². The molecule has 0 fully saturated rings. The lowest BCUT2D eigenvalue weighted by atomic mass is 10.1. The molecule has 0 aromatic heterocycles. The molecular formula is C9H7FINO2. The van der Waals surface area contributed by atoms with Gasteiger partial charge in [-0.15, -0.1) is 0 Å². The van der Waals surface area contributed by atoms with Gasteiger partial charge in [0.1, 0.15) is 5.82 Å². The molecule has 0 atom stereocenters. The molecule has 1 N–H and O–H groups in total. The third-order valence-electron chi connectivity index (χ3n) is 2.24. The van der Waals surface area contributed by atoms with Gasteiger partial charge in [0, 0.05) is 16.7 Å². The van der Waals surface area contributed by atoms with E-state index in [4.69, 9.17) is 5.11 Å². The average molecular weight is 307 g/mol. The second-order valence-corrected chi connectivity index (χ2v) is 4.34. The molecule has 1 amide bonds. The quantitative estimate of drug-likeness (QED) is 0.748. The minimum absolute atomic E-state index is 0.281. The molecule has 3 nitrogen and oxygen atoms in total. The van der Waals surface area contributed by atoms with Crippen molar-refractivity contribution in [1.82, 2.24) is 4.90 Å². The molecule has 0 unspecified atom stereocenters. The molecule has 0 spiro atoms. The van der Waals surface area contributed by atoms with Gasteiger partial charge < -0.3 is 5.11 Å². The number of rotatable bonds is 0. The van der Waals surface area contributed by atoms with E-state index in [1.54, 1.807) is 6.07 Å². The molecule has 0 saturated carbocycles. The van der Waals surface area contributed by atoms with E-state index in [0.717, 1.165) is 11.1 Å². The summed E-state index contributed by atoms with van der Waals surface area (Å²) in [7, 11) is 0. The Balaban J connectivity index is 2.36. The van der Waals surface area contributed by atoms with E-state index in [2.05, 4.69) is 0 Å². The highest BCUT2D eigenvalue weighted by Gasteiger charge is 2.23. The summed E-state index contributed by atoms with van der Waals surface area (Å²) in [5.41, 5.74) is 1.67. The van der Waals surface area contributed by atoms with Crippen LogP contribution in [0.1, 0.15) is 11.1 Å². The molecule has 0 bridgehead atoms. The summed E-state index contributed by atoms with van der Waals surface area (Å²) in [5, 5.41) is 8.75. The van der Waals surface area contributed by atoms with E-state index >= 15 is 0 Å². The minimum atomic E-state index is -0.961. The zero-order valence-corrected chi connectivity index (χ0v) is 9.29. The van der Waals surface area contributed by atoms with Crippen LogP contribution in [0, 0.1) is 9.39 Å². The molecule has 2 rings (SSSR count). The molecule has 0 aliphatic carbocycles. The SMILES string of the molecule is O=C(O)N1Cc2cc(F)c(I)cc2C1. The lowest BCUT2D eigenvalue weighted by Crippen LogP contribution is -2.22. The third kappa shape index (κ3) is 1.56. The molecule has 1 aromatic carbocycles. The fraction of sp³-hybridized carbons (Fsp3) is 0.222. The number of fused-ring (bicyclic) bond motifs is 1. The first-order valence-corrected chi connectivity index (χ1v) is 5.10. The minimum Gasteiger partial charge on any atom is -0.465 e. The zero-order valence-electron chi connectivity index (χ0n) is 7.13. The summed E-state index contributed by atoms with van der Waals surface area (Å²) >= 11 is 1.90. The van der Waals surface area contributed by atoms with Crippen LogP contribution >= 0.6 is 22.6 Å². The Labute approximate surface area is 93.7 Å². The van der Waals surface area contributed by atoms with Gasteiger partial charge in [0.05, 0.1) is 0 Å². The summed E-state index contributed by atoms with van der Waals surface area (Å²) in [6.45, 7) is 0.652. The summed E-state index contributed by atoms with van der Waals surface area (Å²) < 4.78 is 13.7. The van der Waals surface area contributed by atoms with Gasteiger partial charge in [-0.25, -0.2) is 9.18 Å². The first-order chi connectivity index (χ1) is 6.58. The number of benzene rings is 1. The number of hydrogen-bond donors (Lipinski definition) is 1. The Morgan fingerprint density at radius 3 is 2.57 bits per heavy atom. The number of hydrogen-bond acceptors (Lipinski definition) is 1. The molecule has 14 heavy (non-hydrogen) atoms. The first kappa shape index (κ1) is 9.70. The molecule has 1 aromatic rings. The van der Waals surface area contributed by atoms with Gasteiger partial charge in [-0.3, -0.25) is 4.90 Å². The number of nitrogens with zero attached hydrogens (tertiary/aromatic N) is 1. The maximum absolute atomic E-state index is 13.1. The van der Waals surface area contributed by atoms with Crippen molar-refractivity contribution in [2.45, 2.75) is 13.1 Å². The van der Waals surface area contributed by atoms with Gasteiger partial charge in [-0.2, -0.15) is 0 Å². The van der Waals surface area contributed by atoms with Crippen molar-refractivity contribution in [2.24, 2.45) is 0 Å². The van der Waals surface area contributed by atoms with Gasteiger partial charge in [-0.05, 0) is 45.9 Å². The number of carbonyl (C=O) groups is 1. The Hall–Kier alpha value is -0.850. The highest BCUT2D eigenvalue weighted by atomic mass is 127. The van der Waals surface area contributed by atoms with Gasteiger partial charge in [0.15, 0.2) is 0 Å². The Bertz CT molecular complexity index is 377. The van der Waals surface area contributed by atoms with Gasteiger partial charge >= 0.3 is 6.09 Å². The van der Waals surface area contributed by atoms with E-state index in [0.29, 0.717) is 16.7 Å². The van der Waals surface area contributed by atoms with E-state index in [1.165, 1.54) is 11.0 Å². The normalized spacial score (nSPS) is 14.3. The summed E-state index contributed by atoms with van der Waals surface area (Å²) in [6, 6.07) is 3.12. The molecule has 1 aliphatic rings. The van der Waals surface area contributed by atoms with Crippen molar-refractivity contribution in [1.29, 1.82) is 0 Å². The molecule has 5 heteroatoms. The van der Waals surface area contributed by atoms with Crippen LogP contribution in [0.15, 0.2) is 12.1 Å². The Morgan fingerprint density at radius 2 is 2.00 bits per heavy atom. The highest BCUT2D eigenvalue weighted by Crippen LogP contribution is 2.26. The Morgan fingerprint density at radius 1 is 1.43 bits per heavy atom. The van der Waals surface area contributed by atoms with E-state index in [1.807, 2.05) is 22.6 Å². The topological polar surface area (TPSA) is 40.5 Å². The van der Waals surface area contributed by atoms with Crippen LogP contribution in [-0.4, -0.2) is 16.1 Å². The van der Waals surface area contributed by atoms with E-state index < -0.39 is 6.09 Å². The van der Waals surface area contributed by atoms with Crippen LogP contribution < -0.4 is 0 Å². The maximum atomic E-state index is 13.1. The molecule has 0 saturated heterocycles. The summed E-state index contributed by atoms with van der Waals surface area (Å²) in [4.78, 5) is 11.9. The number of carboxylic acid groups (broad SMARTS) is 1. The monoisotopic (exact) mass is 307 g/mol.